The van der Waals surface area contributed by atoms with E-state index < -0.39 is 0 Å². The molecule has 2 aromatic heterocycles. The number of hydrogen-bond donors (Lipinski definition) is 1. The number of imidazole rings is 1. The summed E-state index contributed by atoms with van der Waals surface area (Å²) in [6, 6.07) is 10.2. The van der Waals surface area contributed by atoms with Gasteiger partial charge in [-0.15, -0.1) is 0 Å². The van der Waals surface area contributed by atoms with Crippen LogP contribution in [0.25, 0.3) is 11.4 Å². The standard InChI is InChI=1S/C20H24N6/c1-25-9-7-17(14-25)15-26-10-8-21-19(26)18-12-23-20(24-13-18)22-11-16-5-3-2-4-6-16/h2-6,8,10,12-13,17H,7,9,11,14-15H2,1H3,(H,22,23,24)/t17-/m0/s1. The SMILES string of the molecule is CN1CC[C@H](Cn2ccnc2-c2cnc(NCc3ccccc3)nc2)C1. The first-order valence-corrected chi connectivity index (χ1v) is 9.08. The van der Waals surface area contributed by atoms with Crippen LogP contribution in [0.15, 0.2) is 55.1 Å². The van der Waals surface area contributed by atoms with Crippen molar-refractivity contribution >= 4 is 5.95 Å². The number of nitrogens with one attached hydrogen (secondary N) is 1. The van der Waals surface area contributed by atoms with Crippen LogP contribution in [0.2, 0.25) is 0 Å². The van der Waals surface area contributed by atoms with Crippen LogP contribution in [0.3, 0.4) is 0 Å². The van der Waals surface area contributed by atoms with Gasteiger partial charge in [0.05, 0.1) is 5.56 Å². The number of nitrogens with zero attached hydrogens (tertiary/aromatic N) is 5. The van der Waals surface area contributed by atoms with Crippen molar-refractivity contribution in [3.05, 3.63) is 60.7 Å². The Morgan fingerprint density at radius 3 is 2.65 bits per heavy atom. The molecule has 0 unspecified atom stereocenters. The summed E-state index contributed by atoms with van der Waals surface area (Å²) in [7, 11) is 2.18. The molecule has 6 heteroatoms. The summed E-state index contributed by atoms with van der Waals surface area (Å²) >= 11 is 0. The number of anilines is 1. The molecule has 134 valence electrons. The lowest BCUT2D eigenvalue weighted by molar-refractivity contribution is 0.378. The Kier molecular flexibility index (Phi) is 4.93. The highest BCUT2D eigenvalue weighted by Crippen LogP contribution is 2.21. The van der Waals surface area contributed by atoms with Gasteiger partial charge < -0.3 is 14.8 Å². The minimum Gasteiger partial charge on any atom is -0.350 e. The maximum atomic E-state index is 4.52. The molecule has 0 bridgehead atoms. The zero-order valence-electron chi connectivity index (χ0n) is 15.0. The van der Waals surface area contributed by atoms with E-state index in [1.165, 1.54) is 18.5 Å². The molecule has 3 heterocycles. The molecule has 1 fully saturated rings. The fourth-order valence-corrected chi connectivity index (χ4v) is 3.48. The Balaban J connectivity index is 1.41. The molecule has 26 heavy (non-hydrogen) atoms. The Morgan fingerprint density at radius 2 is 1.92 bits per heavy atom. The third-order valence-corrected chi connectivity index (χ3v) is 4.86. The van der Waals surface area contributed by atoms with Gasteiger partial charge in [0.25, 0.3) is 0 Å². The predicted molar refractivity (Wildman–Crippen MR) is 103 cm³/mol. The molecule has 6 nitrogen and oxygen atoms in total. The van der Waals surface area contributed by atoms with E-state index in [2.05, 4.69) is 55.1 Å². The average molecular weight is 348 g/mol. The second-order valence-corrected chi connectivity index (χ2v) is 6.95. The van der Waals surface area contributed by atoms with E-state index in [4.69, 9.17) is 0 Å². The monoisotopic (exact) mass is 348 g/mol. The smallest absolute Gasteiger partial charge is 0.222 e. The second-order valence-electron chi connectivity index (χ2n) is 6.95. The molecule has 1 aromatic carbocycles. The molecule has 0 spiro atoms. The van der Waals surface area contributed by atoms with Crippen molar-refractivity contribution in [3.63, 3.8) is 0 Å². The molecular weight excluding hydrogens is 324 g/mol. The predicted octanol–water partition coefficient (Wildman–Crippen LogP) is 2.90. The minimum absolute atomic E-state index is 0.633. The number of likely N-dealkylation sites (tertiary alicyclic amines) is 1. The van der Waals surface area contributed by atoms with Crippen LogP contribution in [0.5, 0.6) is 0 Å². The van der Waals surface area contributed by atoms with E-state index in [0.29, 0.717) is 18.4 Å². The number of hydrogen-bond acceptors (Lipinski definition) is 5. The van der Waals surface area contributed by atoms with Gasteiger partial charge >= 0.3 is 0 Å². The highest BCUT2D eigenvalue weighted by molar-refractivity contribution is 5.53. The average Bonchev–Trinajstić information content (AvgIpc) is 3.30. The molecule has 3 aromatic rings. The Labute approximate surface area is 153 Å². The topological polar surface area (TPSA) is 58.9 Å². The molecule has 0 radical (unpaired) electrons. The zero-order chi connectivity index (χ0) is 17.8. The fourth-order valence-electron chi connectivity index (χ4n) is 3.48. The van der Waals surface area contributed by atoms with E-state index >= 15 is 0 Å². The normalized spacial score (nSPS) is 17.5. The van der Waals surface area contributed by atoms with Gasteiger partial charge in [-0.3, -0.25) is 0 Å². The summed E-state index contributed by atoms with van der Waals surface area (Å²) < 4.78 is 2.22. The quantitative estimate of drug-likeness (QED) is 0.742. The van der Waals surface area contributed by atoms with Gasteiger partial charge in [0.15, 0.2) is 0 Å². The second kappa shape index (κ2) is 7.66. The van der Waals surface area contributed by atoms with Crippen molar-refractivity contribution < 1.29 is 0 Å². The van der Waals surface area contributed by atoms with E-state index in [1.807, 2.05) is 36.8 Å². The van der Waals surface area contributed by atoms with Crippen molar-refractivity contribution in [2.24, 2.45) is 5.92 Å². The maximum Gasteiger partial charge on any atom is 0.222 e. The molecular formula is C20H24N6. The maximum absolute atomic E-state index is 4.52. The van der Waals surface area contributed by atoms with E-state index in [1.54, 1.807) is 0 Å². The largest absolute Gasteiger partial charge is 0.350 e. The van der Waals surface area contributed by atoms with Crippen molar-refractivity contribution in [3.8, 4) is 11.4 Å². The molecule has 0 saturated carbocycles. The highest BCUT2D eigenvalue weighted by Gasteiger charge is 2.21. The van der Waals surface area contributed by atoms with Crippen LogP contribution < -0.4 is 5.32 Å². The molecule has 1 aliphatic rings. The summed E-state index contributed by atoms with van der Waals surface area (Å²) in [4.78, 5) is 15.8. The first-order valence-electron chi connectivity index (χ1n) is 9.08. The molecule has 1 aliphatic heterocycles. The lowest BCUT2D eigenvalue weighted by Crippen LogP contribution is -2.17. The fraction of sp³-hybridized carbons (Fsp3) is 0.350. The van der Waals surface area contributed by atoms with Gasteiger partial charge in [0.1, 0.15) is 5.82 Å². The third-order valence-electron chi connectivity index (χ3n) is 4.86. The van der Waals surface area contributed by atoms with Crippen molar-refractivity contribution in [2.75, 3.05) is 25.5 Å². The van der Waals surface area contributed by atoms with Crippen LogP contribution in [-0.4, -0.2) is 44.6 Å². The summed E-state index contributed by atoms with van der Waals surface area (Å²) in [5.41, 5.74) is 2.16. The molecule has 1 N–H and O–H groups in total. The van der Waals surface area contributed by atoms with Gasteiger partial charge in [0, 0.05) is 44.4 Å². The number of aromatic nitrogens is 4. The highest BCUT2D eigenvalue weighted by atomic mass is 15.1. The lowest BCUT2D eigenvalue weighted by Gasteiger charge is -2.13. The summed E-state index contributed by atoms with van der Waals surface area (Å²) in [5.74, 6) is 2.25. The van der Waals surface area contributed by atoms with Crippen LogP contribution in [0.4, 0.5) is 5.95 Å². The Morgan fingerprint density at radius 1 is 1.12 bits per heavy atom. The molecule has 0 aliphatic carbocycles. The van der Waals surface area contributed by atoms with Crippen LogP contribution >= 0.6 is 0 Å². The van der Waals surface area contributed by atoms with Gasteiger partial charge in [-0.1, -0.05) is 30.3 Å². The Bertz CT molecular complexity index is 827. The van der Waals surface area contributed by atoms with Gasteiger partial charge in [-0.25, -0.2) is 15.0 Å². The van der Waals surface area contributed by atoms with Gasteiger partial charge in [0.2, 0.25) is 5.95 Å². The van der Waals surface area contributed by atoms with Crippen LogP contribution in [-0.2, 0) is 13.1 Å². The first kappa shape index (κ1) is 16.7. The third kappa shape index (κ3) is 3.91. The van der Waals surface area contributed by atoms with Gasteiger partial charge in [-0.05, 0) is 31.5 Å². The minimum atomic E-state index is 0.633. The molecule has 4 rings (SSSR count). The lowest BCUT2D eigenvalue weighted by atomic mass is 10.1. The summed E-state index contributed by atoms with van der Waals surface area (Å²) in [5, 5.41) is 3.26. The van der Waals surface area contributed by atoms with Crippen LogP contribution in [0.1, 0.15) is 12.0 Å². The first-order chi connectivity index (χ1) is 12.8. The molecule has 1 atom stereocenters. The summed E-state index contributed by atoms with van der Waals surface area (Å²) in [6.45, 7) is 4.04. The van der Waals surface area contributed by atoms with E-state index in [9.17, 15) is 0 Å². The van der Waals surface area contributed by atoms with Crippen molar-refractivity contribution in [2.45, 2.75) is 19.5 Å². The van der Waals surface area contributed by atoms with Gasteiger partial charge in [-0.2, -0.15) is 0 Å². The van der Waals surface area contributed by atoms with Crippen molar-refractivity contribution in [1.29, 1.82) is 0 Å². The van der Waals surface area contributed by atoms with E-state index in [0.717, 1.165) is 24.5 Å². The van der Waals surface area contributed by atoms with Crippen LogP contribution in [0, 0.1) is 5.92 Å². The number of rotatable bonds is 6. The number of benzene rings is 1. The molecule has 1 saturated heterocycles. The zero-order valence-corrected chi connectivity index (χ0v) is 15.0. The molecule has 0 amide bonds. The van der Waals surface area contributed by atoms with Crippen molar-refractivity contribution in [1.82, 2.24) is 24.4 Å². The van der Waals surface area contributed by atoms with E-state index in [-0.39, 0.29) is 0 Å². The summed E-state index contributed by atoms with van der Waals surface area (Å²) in [6.07, 6.45) is 8.84. The Hall–Kier alpha value is -2.73.